The van der Waals surface area contributed by atoms with Crippen LogP contribution in [0, 0.1) is 6.92 Å². The lowest BCUT2D eigenvalue weighted by Gasteiger charge is -2.16. The fraction of sp³-hybridized carbons (Fsp3) is 0.300. The third kappa shape index (κ3) is 5.43. The Morgan fingerprint density at radius 2 is 2.07 bits per heavy atom. The molecule has 0 aliphatic heterocycles. The molecule has 0 radical (unpaired) electrons. The molecule has 154 valence electrons. The number of sulfone groups is 1. The number of nitrogens with zero attached hydrogens (tertiary/aromatic N) is 2. The van der Waals surface area contributed by atoms with E-state index in [4.69, 9.17) is 4.74 Å². The average molecular weight is 451 g/mol. The summed E-state index contributed by atoms with van der Waals surface area (Å²) in [5.41, 5.74) is 1.77. The van der Waals surface area contributed by atoms with Gasteiger partial charge >= 0.3 is 0 Å². The molecule has 0 aliphatic rings. The van der Waals surface area contributed by atoms with Gasteiger partial charge in [0.2, 0.25) is 0 Å². The zero-order valence-corrected chi connectivity index (χ0v) is 18.9. The van der Waals surface area contributed by atoms with Crippen molar-refractivity contribution in [3.8, 4) is 16.3 Å². The number of aromatic nitrogens is 1. The molecule has 0 saturated heterocycles. The Balaban J connectivity index is 1.54. The topological polar surface area (TPSA) is 76.6 Å². The third-order valence-electron chi connectivity index (χ3n) is 4.25. The van der Waals surface area contributed by atoms with Crippen LogP contribution in [0.25, 0.3) is 10.6 Å². The molecule has 1 aromatic carbocycles. The summed E-state index contributed by atoms with van der Waals surface area (Å²) in [6.07, 6.45) is 1.79. The first-order valence-corrected chi connectivity index (χ1v) is 12.6. The van der Waals surface area contributed by atoms with Gasteiger partial charge in [-0.2, -0.15) is 11.3 Å². The van der Waals surface area contributed by atoms with E-state index >= 15 is 0 Å². The van der Waals surface area contributed by atoms with Gasteiger partial charge in [0.1, 0.15) is 15.6 Å². The maximum absolute atomic E-state index is 12.8. The summed E-state index contributed by atoms with van der Waals surface area (Å²) in [5, 5.41) is 4.87. The fourth-order valence-corrected chi connectivity index (χ4v) is 5.09. The summed E-state index contributed by atoms with van der Waals surface area (Å²) in [7, 11) is -1.51. The van der Waals surface area contributed by atoms with E-state index in [1.165, 1.54) is 23.5 Å². The first-order chi connectivity index (χ1) is 13.8. The fourth-order valence-electron chi connectivity index (χ4n) is 2.67. The van der Waals surface area contributed by atoms with E-state index in [9.17, 15) is 13.2 Å². The number of carbonyl (C=O) groups is 1. The minimum absolute atomic E-state index is 0.0550. The van der Waals surface area contributed by atoms with Gasteiger partial charge in [0.05, 0.1) is 17.2 Å². The number of benzene rings is 1. The van der Waals surface area contributed by atoms with Crippen molar-refractivity contribution >= 4 is 38.4 Å². The average Bonchev–Trinajstić information content (AvgIpc) is 3.33. The first-order valence-electron chi connectivity index (χ1n) is 8.94. The molecule has 2 aromatic heterocycles. The molecule has 0 aliphatic carbocycles. The molecule has 3 aromatic rings. The standard InChI is InChI=1S/C20H22N2O4S3/c1-14-18(28-19(21-14)15-8-11-27-13-15)20(23)22(2)9-5-10-26-16-6-4-7-17(12-16)29(3,24)25/h4,6-8,11-13H,5,9-10H2,1-3H3. The van der Waals surface area contributed by atoms with Crippen molar-refractivity contribution in [2.75, 3.05) is 26.5 Å². The molecule has 2 heterocycles. The Morgan fingerprint density at radius 1 is 1.28 bits per heavy atom. The first kappa shape index (κ1) is 21.5. The molecule has 0 saturated carbocycles. The molecule has 0 fully saturated rings. The van der Waals surface area contributed by atoms with Gasteiger partial charge in [-0.15, -0.1) is 11.3 Å². The molecule has 0 unspecified atom stereocenters. The van der Waals surface area contributed by atoms with Crippen LogP contribution in [0.5, 0.6) is 5.75 Å². The maximum Gasteiger partial charge on any atom is 0.265 e. The van der Waals surface area contributed by atoms with E-state index < -0.39 is 9.84 Å². The molecular weight excluding hydrogens is 428 g/mol. The third-order valence-corrected chi connectivity index (χ3v) is 7.23. The van der Waals surface area contributed by atoms with Gasteiger partial charge in [-0.3, -0.25) is 4.79 Å². The van der Waals surface area contributed by atoms with Crippen molar-refractivity contribution in [2.24, 2.45) is 0 Å². The minimum Gasteiger partial charge on any atom is -0.493 e. The molecule has 6 nitrogen and oxygen atoms in total. The Kier molecular flexibility index (Phi) is 6.71. The number of ether oxygens (including phenoxy) is 1. The molecule has 0 N–H and O–H groups in total. The highest BCUT2D eigenvalue weighted by Crippen LogP contribution is 2.30. The lowest BCUT2D eigenvalue weighted by molar-refractivity contribution is 0.0791. The van der Waals surface area contributed by atoms with Gasteiger partial charge in [-0.25, -0.2) is 13.4 Å². The molecule has 29 heavy (non-hydrogen) atoms. The van der Waals surface area contributed by atoms with E-state index in [-0.39, 0.29) is 10.8 Å². The molecule has 1 amide bonds. The Hall–Kier alpha value is -2.23. The summed E-state index contributed by atoms with van der Waals surface area (Å²) in [4.78, 5) is 19.8. The van der Waals surface area contributed by atoms with Gasteiger partial charge in [0.15, 0.2) is 9.84 Å². The lowest BCUT2D eigenvalue weighted by atomic mass is 10.3. The van der Waals surface area contributed by atoms with Gasteiger partial charge in [0.25, 0.3) is 5.91 Å². The van der Waals surface area contributed by atoms with Crippen molar-refractivity contribution < 1.29 is 17.9 Å². The second-order valence-corrected chi connectivity index (χ2v) is 10.4. The predicted octanol–water partition coefficient (Wildman–Crippen LogP) is 4.12. The zero-order valence-electron chi connectivity index (χ0n) is 16.4. The molecule has 0 bridgehead atoms. The van der Waals surface area contributed by atoms with Crippen LogP contribution in [0.15, 0.2) is 46.0 Å². The second-order valence-electron chi connectivity index (χ2n) is 6.62. The van der Waals surface area contributed by atoms with E-state index in [0.717, 1.165) is 22.5 Å². The van der Waals surface area contributed by atoms with E-state index in [1.54, 1.807) is 35.4 Å². The lowest BCUT2D eigenvalue weighted by Crippen LogP contribution is -2.28. The number of amides is 1. The monoisotopic (exact) mass is 450 g/mol. The highest BCUT2D eigenvalue weighted by atomic mass is 32.2. The molecule has 9 heteroatoms. The summed E-state index contributed by atoms with van der Waals surface area (Å²) < 4.78 is 28.9. The molecule has 3 rings (SSSR count). The smallest absolute Gasteiger partial charge is 0.265 e. The summed E-state index contributed by atoms with van der Waals surface area (Å²) in [6.45, 7) is 2.76. The van der Waals surface area contributed by atoms with Crippen LogP contribution in [0.4, 0.5) is 0 Å². The van der Waals surface area contributed by atoms with Crippen molar-refractivity contribution in [2.45, 2.75) is 18.2 Å². The summed E-state index contributed by atoms with van der Waals surface area (Å²) in [5.74, 6) is 0.446. The van der Waals surface area contributed by atoms with Crippen LogP contribution in [0.1, 0.15) is 21.8 Å². The Labute approximate surface area is 178 Å². The Bertz CT molecular complexity index is 1090. The van der Waals surface area contributed by atoms with Crippen molar-refractivity contribution in [1.29, 1.82) is 0 Å². The van der Waals surface area contributed by atoms with Crippen LogP contribution in [0.3, 0.4) is 0 Å². The quantitative estimate of drug-likeness (QED) is 0.483. The van der Waals surface area contributed by atoms with Gasteiger partial charge < -0.3 is 9.64 Å². The number of aryl methyl sites for hydroxylation is 1. The molecule has 0 atom stereocenters. The zero-order chi connectivity index (χ0) is 21.0. The van der Waals surface area contributed by atoms with Crippen LogP contribution < -0.4 is 4.74 Å². The van der Waals surface area contributed by atoms with Gasteiger partial charge in [-0.1, -0.05) is 6.07 Å². The normalized spacial score (nSPS) is 11.4. The highest BCUT2D eigenvalue weighted by Gasteiger charge is 2.19. The number of hydrogen-bond acceptors (Lipinski definition) is 7. The van der Waals surface area contributed by atoms with E-state index in [1.807, 2.05) is 23.8 Å². The summed E-state index contributed by atoms with van der Waals surface area (Å²) in [6, 6.07) is 8.42. The molecular formula is C20H22N2O4S3. The van der Waals surface area contributed by atoms with Gasteiger partial charge in [0, 0.05) is 30.8 Å². The number of carbonyl (C=O) groups excluding carboxylic acids is 1. The van der Waals surface area contributed by atoms with E-state index in [0.29, 0.717) is 30.2 Å². The second kappa shape index (κ2) is 9.06. The van der Waals surface area contributed by atoms with E-state index in [2.05, 4.69) is 4.98 Å². The largest absolute Gasteiger partial charge is 0.493 e. The number of rotatable bonds is 8. The van der Waals surface area contributed by atoms with Crippen molar-refractivity contribution in [1.82, 2.24) is 9.88 Å². The Morgan fingerprint density at radius 3 is 2.76 bits per heavy atom. The van der Waals surface area contributed by atoms with Crippen molar-refractivity contribution in [3.63, 3.8) is 0 Å². The van der Waals surface area contributed by atoms with Crippen molar-refractivity contribution in [3.05, 3.63) is 51.7 Å². The number of thiophene rings is 1. The molecule has 0 spiro atoms. The van der Waals surface area contributed by atoms with Gasteiger partial charge in [-0.05, 0) is 43.0 Å². The maximum atomic E-state index is 12.8. The predicted molar refractivity (Wildman–Crippen MR) is 117 cm³/mol. The minimum atomic E-state index is -3.27. The highest BCUT2D eigenvalue weighted by molar-refractivity contribution is 7.90. The number of thiazole rings is 1. The summed E-state index contributed by atoms with van der Waals surface area (Å²) >= 11 is 3.01. The van der Waals surface area contributed by atoms with Crippen LogP contribution in [-0.2, 0) is 9.84 Å². The van der Waals surface area contributed by atoms with Crippen LogP contribution in [0.2, 0.25) is 0 Å². The van der Waals surface area contributed by atoms with Crippen LogP contribution >= 0.6 is 22.7 Å². The number of hydrogen-bond donors (Lipinski definition) is 0. The SMILES string of the molecule is Cc1nc(-c2ccsc2)sc1C(=O)N(C)CCCOc1cccc(S(C)(=O)=O)c1. The van der Waals surface area contributed by atoms with Crippen LogP contribution in [-0.4, -0.2) is 50.7 Å².